The summed E-state index contributed by atoms with van der Waals surface area (Å²) < 4.78 is 5.38. The molecular weight excluding hydrogens is 342 g/mol. The number of rotatable bonds is 19. The van der Waals surface area contributed by atoms with Crippen LogP contribution in [0.4, 0.5) is 0 Å². The highest BCUT2D eigenvalue weighted by Crippen LogP contribution is 2.14. The summed E-state index contributed by atoms with van der Waals surface area (Å²) in [6, 6.07) is 0. The molecule has 0 bridgehead atoms. The van der Waals surface area contributed by atoms with Crippen molar-refractivity contribution in [2.75, 3.05) is 13.1 Å². The van der Waals surface area contributed by atoms with E-state index >= 15 is 0 Å². The number of unbranched alkanes of at least 4 members (excludes halogenated alkanes) is 8. The van der Waals surface area contributed by atoms with Gasteiger partial charge in [0.2, 0.25) is 0 Å². The van der Waals surface area contributed by atoms with Gasteiger partial charge in [0.15, 0.2) is 0 Å². The highest BCUT2D eigenvalue weighted by atomic mass is 16.5. The van der Waals surface area contributed by atoms with E-state index in [1.807, 2.05) is 6.92 Å². The number of nitrogens with one attached hydrogen (secondary N) is 1. The molecule has 0 saturated carbocycles. The summed E-state index contributed by atoms with van der Waals surface area (Å²) in [5, 5.41) is 11.5. The number of esters is 1. The summed E-state index contributed by atoms with van der Waals surface area (Å²) in [6.45, 7) is 7.40. The Kier molecular flexibility index (Phi) is 17.5. The third-order valence-corrected chi connectivity index (χ3v) is 4.75. The molecular formula is C22H43NO4. The van der Waals surface area contributed by atoms with Gasteiger partial charge in [-0.3, -0.25) is 9.59 Å². The van der Waals surface area contributed by atoms with E-state index in [4.69, 9.17) is 9.84 Å². The molecule has 27 heavy (non-hydrogen) atoms. The number of carbonyl (C=O) groups excluding carboxylic acids is 1. The van der Waals surface area contributed by atoms with Crippen molar-refractivity contribution < 1.29 is 19.4 Å². The van der Waals surface area contributed by atoms with Crippen LogP contribution in [-0.4, -0.2) is 36.2 Å². The first-order chi connectivity index (χ1) is 12.9. The van der Waals surface area contributed by atoms with Crippen molar-refractivity contribution in [3.63, 3.8) is 0 Å². The van der Waals surface area contributed by atoms with Crippen LogP contribution >= 0.6 is 0 Å². The Hall–Kier alpha value is -1.10. The standard InChI is InChI=1S/C22H43NO4/c1-19(2)13-11-9-7-5-4-6-8-10-12-14-20(3)27-22(26)16-18-23-17-15-21(24)25/h19-20,23H,4-18H2,1-3H3,(H,24,25). The summed E-state index contributed by atoms with van der Waals surface area (Å²) in [5.74, 6) is -0.199. The summed E-state index contributed by atoms with van der Waals surface area (Å²) in [4.78, 5) is 22.1. The predicted octanol–water partition coefficient (Wildman–Crippen LogP) is 5.32. The first-order valence-corrected chi connectivity index (χ1v) is 11.0. The molecule has 2 N–H and O–H groups in total. The minimum atomic E-state index is -0.833. The Morgan fingerprint density at radius 1 is 0.778 bits per heavy atom. The minimum absolute atomic E-state index is 0.0301. The van der Waals surface area contributed by atoms with Gasteiger partial charge in [-0.05, 0) is 25.7 Å². The fraction of sp³-hybridized carbons (Fsp3) is 0.909. The average Bonchev–Trinajstić information content (AvgIpc) is 2.58. The molecule has 1 unspecified atom stereocenters. The van der Waals surface area contributed by atoms with Gasteiger partial charge >= 0.3 is 11.9 Å². The van der Waals surface area contributed by atoms with Crippen LogP contribution in [0.2, 0.25) is 0 Å². The van der Waals surface area contributed by atoms with Gasteiger partial charge in [0, 0.05) is 13.1 Å². The molecule has 0 aliphatic carbocycles. The van der Waals surface area contributed by atoms with Crippen molar-refractivity contribution in [3.8, 4) is 0 Å². The van der Waals surface area contributed by atoms with E-state index < -0.39 is 5.97 Å². The zero-order valence-electron chi connectivity index (χ0n) is 17.9. The molecule has 0 radical (unpaired) electrons. The van der Waals surface area contributed by atoms with Crippen molar-refractivity contribution in [2.24, 2.45) is 5.92 Å². The van der Waals surface area contributed by atoms with Crippen LogP contribution in [0.5, 0.6) is 0 Å². The number of carboxylic acid groups (broad SMARTS) is 1. The molecule has 5 nitrogen and oxygen atoms in total. The molecule has 5 heteroatoms. The molecule has 160 valence electrons. The van der Waals surface area contributed by atoms with E-state index in [0.29, 0.717) is 19.5 Å². The van der Waals surface area contributed by atoms with Crippen LogP contribution in [0.3, 0.4) is 0 Å². The lowest BCUT2D eigenvalue weighted by atomic mass is 10.0. The zero-order chi connectivity index (χ0) is 20.3. The highest BCUT2D eigenvalue weighted by molar-refractivity contribution is 5.69. The van der Waals surface area contributed by atoms with E-state index in [-0.39, 0.29) is 18.5 Å². The number of aliphatic carboxylic acids is 1. The third-order valence-electron chi connectivity index (χ3n) is 4.75. The largest absolute Gasteiger partial charge is 0.481 e. The van der Waals surface area contributed by atoms with Gasteiger partial charge in [-0.1, -0.05) is 71.6 Å². The van der Waals surface area contributed by atoms with Gasteiger partial charge in [-0.2, -0.15) is 0 Å². The van der Waals surface area contributed by atoms with E-state index in [1.165, 1.54) is 57.8 Å². The van der Waals surface area contributed by atoms with Gasteiger partial charge in [-0.25, -0.2) is 0 Å². The molecule has 0 aromatic heterocycles. The molecule has 0 amide bonds. The number of ether oxygens (including phenoxy) is 1. The molecule has 0 aliphatic rings. The van der Waals surface area contributed by atoms with Crippen molar-refractivity contribution in [1.29, 1.82) is 0 Å². The van der Waals surface area contributed by atoms with E-state index in [9.17, 15) is 9.59 Å². The Labute approximate surface area is 166 Å². The molecule has 0 aliphatic heterocycles. The fourth-order valence-corrected chi connectivity index (χ4v) is 3.07. The first kappa shape index (κ1) is 25.9. The normalized spacial score (nSPS) is 12.3. The SMILES string of the molecule is CC(C)CCCCCCCCCCCC(C)OC(=O)CCNCCC(=O)O. The van der Waals surface area contributed by atoms with Crippen molar-refractivity contribution in [3.05, 3.63) is 0 Å². The molecule has 0 aromatic rings. The highest BCUT2D eigenvalue weighted by Gasteiger charge is 2.09. The summed E-state index contributed by atoms with van der Waals surface area (Å²) in [7, 11) is 0. The van der Waals surface area contributed by atoms with Gasteiger partial charge in [0.25, 0.3) is 0 Å². The molecule has 1 atom stereocenters. The van der Waals surface area contributed by atoms with Crippen LogP contribution in [-0.2, 0) is 14.3 Å². The lowest BCUT2D eigenvalue weighted by Gasteiger charge is -2.13. The minimum Gasteiger partial charge on any atom is -0.481 e. The number of carbonyl (C=O) groups is 2. The van der Waals surface area contributed by atoms with E-state index in [1.54, 1.807) is 0 Å². The van der Waals surface area contributed by atoms with E-state index in [2.05, 4.69) is 19.2 Å². The second kappa shape index (κ2) is 18.3. The predicted molar refractivity (Wildman–Crippen MR) is 111 cm³/mol. The Morgan fingerprint density at radius 3 is 1.78 bits per heavy atom. The summed E-state index contributed by atoms with van der Waals surface area (Å²) in [5.41, 5.74) is 0. The fourth-order valence-electron chi connectivity index (χ4n) is 3.07. The van der Waals surface area contributed by atoms with Crippen molar-refractivity contribution in [1.82, 2.24) is 5.32 Å². The molecule has 0 heterocycles. The number of carboxylic acids is 1. The summed E-state index contributed by atoms with van der Waals surface area (Å²) in [6.07, 6.45) is 14.4. The zero-order valence-corrected chi connectivity index (χ0v) is 17.9. The number of hydrogen-bond acceptors (Lipinski definition) is 4. The van der Waals surface area contributed by atoms with Crippen LogP contribution in [0, 0.1) is 5.92 Å². The molecule has 0 aromatic carbocycles. The molecule has 0 spiro atoms. The average molecular weight is 386 g/mol. The lowest BCUT2D eigenvalue weighted by Crippen LogP contribution is -2.23. The maximum atomic E-state index is 11.7. The van der Waals surface area contributed by atoms with Crippen molar-refractivity contribution >= 4 is 11.9 Å². The lowest BCUT2D eigenvalue weighted by molar-refractivity contribution is -0.148. The first-order valence-electron chi connectivity index (χ1n) is 11.0. The van der Waals surface area contributed by atoms with Crippen LogP contribution < -0.4 is 5.32 Å². The topological polar surface area (TPSA) is 75.6 Å². The molecule has 0 fully saturated rings. The second-order valence-electron chi connectivity index (χ2n) is 8.10. The number of hydrogen-bond donors (Lipinski definition) is 2. The maximum absolute atomic E-state index is 11.7. The van der Waals surface area contributed by atoms with E-state index in [0.717, 1.165) is 18.8 Å². The quantitative estimate of drug-likeness (QED) is 0.232. The van der Waals surface area contributed by atoms with Crippen LogP contribution in [0.25, 0.3) is 0 Å². The monoisotopic (exact) mass is 385 g/mol. The van der Waals surface area contributed by atoms with Gasteiger partial charge in [0.05, 0.1) is 18.9 Å². The molecule has 0 rings (SSSR count). The Balaban J connectivity index is 3.34. The molecule has 0 saturated heterocycles. The Morgan fingerprint density at radius 2 is 1.26 bits per heavy atom. The van der Waals surface area contributed by atoms with Crippen LogP contribution in [0.15, 0.2) is 0 Å². The second-order valence-corrected chi connectivity index (χ2v) is 8.10. The van der Waals surface area contributed by atoms with Crippen LogP contribution in [0.1, 0.15) is 104 Å². The van der Waals surface area contributed by atoms with Gasteiger partial charge in [-0.15, -0.1) is 0 Å². The maximum Gasteiger partial charge on any atom is 0.307 e. The summed E-state index contributed by atoms with van der Waals surface area (Å²) >= 11 is 0. The smallest absolute Gasteiger partial charge is 0.307 e. The van der Waals surface area contributed by atoms with Gasteiger partial charge < -0.3 is 15.2 Å². The van der Waals surface area contributed by atoms with Crippen molar-refractivity contribution in [2.45, 2.75) is 110 Å². The van der Waals surface area contributed by atoms with Gasteiger partial charge in [0.1, 0.15) is 0 Å². The third kappa shape index (κ3) is 21.1. The Bertz CT molecular complexity index is 371.